The zero-order valence-electron chi connectivity index (χ0n) is 11.8. The van der Waals surface area contributed by atoms with Gasteiger partial charge in [0, 0.05) is 19.3 Å². The SMILES string of the molecule is O=C1CCCCCCCCCCCC(=O)OOCC1. The highest BCUT2D eigenvalue weighted by Crippen LogP contribution is 2.12. The van der Waals surface area contributed by atoms with Gasteiger partial charge in [0.2, 0.25) is 0 Å². The molecule has 0 saturated carbocycles. The third-order valence-electron chi connectivity index (χ3n) is 3.45. The van der Waals surface area contributed by atoms with Crippen LogP contribution in [0.15, 0.2) is 0 Å². The number of ketones is 1. The highest BCUT2D eigenvalue weighted by molar-refractivity contribution is 5.78. The van der Waals surface area contributed by atoms with E-state index in [1.54, 1.807) is 0 Å². The molecule has 1 aliphatic heterocycles. The van der Waals surface area contributed by atoms with Gasteiger partial charge in [0.15, 0.2) is 0 Å². The van der Waals surface area contributed by atoms with E-state index in [0.29, 0.717) is 19.3 Å². The van der Waals surface area contributed by atoms with Gasteiger partial charge in [0.05, 0.1) is 0 Å². The third-order valence-corrected chi connectivity index (χ3v) is 3.45. The molecule has 0 N–H and O–H groups in total. The van der Waals surface area contributed by atoms with Gasteiger partial charge < -0.3 is 0 Å². The summed E-state index contributed by atoms with van der Waals surface area (Å²) in [5.41, 5.74) is 0. The van der Waals surface area contributed by atoms with Crippen LogP contribution in [0, 0.1) is 0 Å². The van der Waals surface area contributed by atoms with E-state index in [1.807, 2.05) is 0 Å². The van der Waals surface area contributed by atoms with E-state index in [9.17, 15) is 9.59 Å². The minimum atomic E-state index is -0.322. The van der Waals surface area contributed by atoms with Crippen LogP contribution in [-0.4, -0.2) is 18.4 Å². The first-order valence-electron chi connectivity index (χ1n) is 7.63. The van der Waals surface area contributed by atoms with Crippen LogP contribution in [0.1, 0.15) is 77.0 Å². The van der Waals surface area contributed by atoms with Crippen LogP contribution >= 0.6 is 0 Å². The maximum Gasteiger partial charge on any atom is 0.342 e. The molecule has 0 aliphatic carbocycles. The van der Waals surface area contributed by atoms with Gasteiger partial charge in [-0.25, -0.2) is 4.79 Å². The average Bonchev–Trinajstić information content (AvgIpc) is 2.40. The predicted molar refractivity (Wildman–Crippen MR) is 72.5 cm³/mol. The lowest BCUT2D eigenvalue weighted by atomic mass is 10.0. The molecule has 110 valence electrons. The Labute approximate surface area is 115 Å². The van der Waals surface area contributed by atoms with E-state index < -0.39 is 0 Å². The van der Waals surface area contributed by atoms with Gasteiger partial charge in [-0.3, -0.25) is 9.68 Å². The minimum Gasteiger partial charge on any atom is -0.300 e. The number of rotatable bonds is 0. The first kappa shape index (κ1) is 16.2. The molecule has 0 aromatic heterocycles. The lowest BCUT2D eigenvalue weighted by Crippen LogP contribution is -2.09. The highest BCUT2D eigenvalue weighted by Gasteiger charge is 2.06. The zero-order chi connectivity index (χ0) is 13.8. The maximum absolute atomic E-state index is 11.5. The fraction of sp³-hybridized carbons (Fsp3) is 0.867. The maximum atomic E-state index is 11.5. The summed E-state index contributed by atoms with van der Waals surface area (Å²) in [5.74, 6) is -0.128. The fourth-order valence-corrected chi connectivity index (χ4v) is 2.26. The van der Waals surface area contributed by atoms with Crippen LogP contribution in [0.5, 0.6) is 0 Å². The van der Waals surface area contributed by atoms with Crippen LogP contribution in [0.2, 0.25) is 0 Å². The molecule has 0 spiro atoms. The summed E-state index contributed by atoms with van der Waals surface area (Å²) in [4.78, 5) is 32.2. The lowest BCUT2D eigenvalue weighted by molar-refractivity contribution is -0.272. The quantitative estimate of drug-likeness (QED) is 0.629. The monoisotopic (exact) mass is 270 g/mol. The third kappa shape index (κ3) is 9.65. The van der Waals surface area contributed by atoms with Crippen LogP contribution in [0.25, 0.3) is 0 Å². The smallest absolute Gasteiger partial charge is 0.300 e. The highest BCUT2D eigenvalue weighted by atomic mass is 17.2. The molecule has 0 aromatic carbocycles. The summed E-state index contributed by atoms with van der Waals surface area (Å²) in [7, 11) is 0. The van der Waals surface area contributed by atoms with Gasteiger partial charge in [0.25, 0.3) is 0 Å². The zero-order valence-corrected chi connectivity index (χ0v) is 11.8. The summed E-state index contributed by atoms with van der Waals surface area (Å²) in [6.45, 7) is 0.185. The largest absolute Gasteiger partial charge is 0.342 e. The van der Waals surface area contributed by atoms with Crippen LogP contribution < -0.4 is 0 Å². The molecule has 1 fully saturated rings. The molecule has 0 amide bonds. The molecule has 1 heterocycles. The number of hydrogen-bond acceptors (Lipinski definition) is 4. The molecule has 4 nitrogen and oxygen atoms in total. The minimum absolute atomic E-state index is 0.185. The van der Waals surface area contributed by atoms with E-state index in [-0.39, 0.29) is 18.4 Å². The topological polar surface area (TPSA) is 52.6 Å². The second kappa shape index (κ2) is 11.0. The molecule has 0 aromatic rings. The van der Waals surface area contributed by atoms with Crippen molar-refractivity contribution in [3.63, 3.8) is 0 Å². The molecule has 4 heteroatoms. The van der Waals surface area contributed by atoms with Gasteiger partial charge in [-0.05, 0) is 12.8 Å². The van der Waals surface area contributed by atoms with E-state index >= 15 is 0 Å². The van der Waals surface area contributed by atoms with Crippen molar-refractivity contribution in [2.24, 2.45) is 0 Å². The molecule has 0 unspecified atom stereocenters. The Morgan fingerprint density at radius 3 is 1.79 bits per heavy atom. The average molecular weight is 270 g/mol. The standard InChI is InChI=1S/C15H26O4/c16-14-10-8-6-4-2-1-3-5-7-9-11-15(17)19-18-13-12-14/h1-13H2. The Hall–Kier alpha value is -0.900. The summed E-state index contributed by atoms with van der Waals surface area (Å²) < 4.78 is 0. The van der Waals surface area contributed by atoms with E-state index in [4.69, 9.17) is 4.89 Å². The van der Waals surface area contributed by atoms with Gasteiger partial charge in [-0.1, -0.05) is 44.9 Å². The molecule has 0 atom stereocenters. The molecular weight excluding hydrogens is 244 g/mol. The molecule has 1 aliphatic rings. The van der Waals surface area contributed by atoms with Crippen molar-refractivity contribution in [3.05, 3.63) is 0 Å². The molecule has 0 radical (unpaired) electrons. The van der Waals surface area contributed by atoms with Crippen molar-refractivity contribution in [1.82, 2.24) is 0 Å². The Morgan fingerprint density at radius 2 is 1.16 bits per heavy atom. The normalized spacial score (nSPS) is 22.5. The summed E-state index contributed by atoms with van der Waals surface area (Å²) in [6.07, 6.45) is 11.6. The summed E-state index contributed by atoms with van der Waals surface area (Å²) in [5, 5.41) is 0. The van der Waals surface area contributed by atoms with Crippen LogP contribution in [-0.2, 0) is 19.4 Å². The van der Waals surface area contributed by atoms with Gasteiger partial charge >= 0.3 is 5.97 Å². The van der Waals surface area contributed by atoms with Gasteiger partial charge in [-0.2, -0.15) is 4.89 Å². The Bertz CT molecular complexity index is 237. The number of carbonyl (C=O) groups excluding carboxylic acids is 2. The van der Waals surface area contributed by atoms with E-state index in [1.165, 1.54) is 32.1 Å². The summed E-state index contributed by atoms with van der Waals surface area (Å²) >= 11 is 0. The Morgan fingerprint density at radius 1 is 0.632 bits per heavy atom. The first-order valence-corrected chi connectivity index (χ1v) is 7.63. The van der Waals surface area contributed by atoms with Crippen LogP contribution in [0.3, 0.4) is 0 Å². The predicted octanol–water partition coefficient (Wildman–Crippen LogP) is 3.73. The van der Waals surface area contributed by atoms with Gasteiger partial charge in [-0.15, -0.1) is 0 Å². The molecule has 19 heavy (non-hydrogen) atoms. The number of carbonyl (C=O) groups is 2. The van der Waals surface area contributed by atoms with Crippen molar-refractivity contribution in [2.45, 2.75) is 77.0 Å². The lowest BCUT2D eigenvalue weighted by Gasteiger charge is -2.03. The van der Waals surface area contributed by atoms with E-state index in [0.717, 1.165) is 25.7 Å². The second-order valence-electron chi connectivity index (χ2n) is 5.25. The van der Waals surface area contributed by atoms with Crippen LogP contribution in [0.4, 0.5) is 0 Å². The fourth-order valence-electron chi connectivity index (χ4n) is 2.26. The first-order chi connectivity index (χ1) is 9.29. The van der Waals surface area contributed by atoms with Crippen molar-refractivity contribution in [3.8, 4) is 0 Å². The molecular formula is C15H26O4. The Kier molecular flexibility index (Phi) is 9.33. The van der Waals surface area contributed by atoms with Gasteiger partial charge in [0.1, 0.15) is 12.4 Å². The molecule has 0 bridgehead atoms. The second-order valence-corrected chi connectivity index (χ2v) is 5.25. The Balaban J connectivity index is 2.22. The molecule has 1 rings (SSSR count). The van der Waals surface area contributed by atoms with Crippen molar-refractivity contribution >= 4 is 11.8 Å². The van der Waals surface area contributed by atoms with Crippen molar-refractivity contribution < 1.29 is 19.4 Å². The van der Waals surface area contributed by atoms with Crippen molar-refractivity contribution in [1.29, 1.82) is 0 Å². The number of hydrogen-bond donors (Lipinski definition) is 0. The molecule has 1 saturated heterocycles. The number of Topliss-reactive ketones (excluding diaryl/α,β-unsaturated/α-hetero) is 1. The van der Waals surface area contributed by atoms with Crippen molar-refractivity contribution in [2.75, 3.05) is 6.61 Å². The summed E-state index contributed by atoms with van der Waals surface area (Å²) in [6, 6.07) is 0. The van der Waals surface area contributed by atoms with E-state index in [2.05, 4.69) is 4.89 Å².